The number of benzene rings is 2. The average molecular weight is 413 g/mol. The largest absolute Gasteiger partial charge is 0.494 e. The third-order valence-corrected chi connectivity index (χ3v) is 4.14. The minimum absolute atomic E-state index is 0.250. The number of rotatable bonds is 7. The van der Waals surface area contributed by atoms with Gasteiger partial charge in [-0.3, -0.25) is 4.79 Å². The molecule has 3 rings (SSSR count). The van der Waals surface area contributed by atoms with Crippen molar-refractivity contribution in [3.05, 3.63) is 60.4 Å². The van der Waals surface area contributed by atoms with Gasteiger partial charge in [0.2, 0.25) is 0 Å². The monoisotopic (exact) mass is 413 g/mol. The molecule has 0 bridgehead atoms. The molecule has 1 aromatic heterocycles. The SMILES string of the molecule is COc1cc2ncnc(Nc3cccc(F)c3)c2cc1NC(=O)/C(F)=C/CN(C)C. The van der Waals surface area contributed by atoms with Gasteiger partial charge < -0.3 is 20.3 Å². The summed E-state index contributed by atoms with van der Waals surface area (Å²) in [6, 6.07) is 9.09. The highest BCUT2D eigenvalue weighted by Crippen LogP contribution is 2.33. The van der Waals surface area contributed by atoms with Gasteiger partial charge in [-0.2, -0.15) is 0 Å². The molecule has 9 heteroatoms. The van der Waals surface area contributed by atoms with E-state index in [0.29, 0.717) is 28.2 Å². The standard InChI is InChI=1S/C21H21F2N5O2/c1-28(2)8-7-16(23)21(29)27-18-10-15-17(11-19(18)30-3)24-12-25-20(15)26-14-6-4-5-13(22)9-14/h4-7,9-12H,8H2,1-3H3,(H,27,29)(H,24,25,26)/b16-7-. The number of carbonyl (C=O) groups excluding carboxylic acids is 1. The Morgan fingerprint density at radius 1 is 1.23 bits per heavy atom. The van der Waals surface area contributed by atoms with Gasteiger partial charge in [0.25, 0.3) is 5.91 Å². The summed E-state index contributed by atoms with van der Waals surface area (Å²) in [7, 11) is 4.96. The van der Waals surface area contributed by atoms with Crippen LogP contribution in [0.5, 0.6) is 5.75 Å². The zero-order valence-corrected chi connectivity index (χ0v) is 16.7. The van der Waals surface area contributed by atoms with Crippen molar-refractivity contribution in [3.63, 3.8) is 0 Å². The lowest BCUT2D eigenvalue weighted by molar-refractivity contribution is -0.114. The number of carbonyl (C=O) groups is 1. The number of likely N-dealkylation sites (N-methyl/N-ethyl adjacent to an activating group) is 1. The van der Waals surface area contributed by atoms with Gasteiger partial charge in [-0.15, -0.1) is 0 Å². The lowest BCUT2D eigenvalue weighted by atomic mass is 10.1. The fourth-order valence-corrected chi connectivity index (χ4v) is 2.69. The Morgan fingerprint density at radius 3 is 2.73 bits per heavy atom. The molecular formula is C21H21F2N5O2. The molecule has 0 unspecified atom stereocenters. The normalized spacial score (nSPS) is 11.6. The first-order valence-corrected chi connectivity index (χ1v) is 9.04. The van der Waals surface area contributed by atoms with Crippen LogP contribution in [-0.2, 0) is 4.79 Å². The summed E-state index contributed by atoms with van der Waals surface area (Å²) in [6.07, 6.45) is 2.54. The predicted molar refractivity (Wildman–Crippen MR) is 112 cm³/mol. The summed E-state index contributed by atoms with van der Waals surface area (Å²) >= 11 is 0. The third kappa shape index (κ3) is 5.06. The fourth-order valence-electron chi connectivity index (χ4n) is 2.69. The maximum atomic E-state index is 14.1. The molecule has 0 fully saturated rings. The molecule has 0 atom stereocenters. The van der Waals surface area contributed by atoms with Crippen molar-refractivity contribution < 1.29 is 18.3 Å². The fraction of sp³-hybridized carbons (Fsp3) is 0.190. The first kappa shape index (κ1) is 21.1. The van der Waals surface area contributed by atoms with Gasteiger partial charge in [-0.1, -0.05) is 6.07 Å². The number of amides is 1. The van der Waals surface area contributed by atoms with Crippen molar-refractivity contribution in [1.29, 1.82) is 0 Å². The molecule has 2 N–H and O–H groups in total. The molecule has 2 aromatic carbocycles. The molecule has 0 saturated carbocycles. The number of nitrogens with zero attached hydrogens (tertiary/aromatic N) is 3. The quantitative estimate of drug-likeness (QED) is 0.573. The van der Waals surface area contributed by atoms with E-state index >= 15 is 0 Å². The van der Waals surface area contributed by atoms with Crippen molar-refractivity contribution in [3.8, 4) is 5.75 Å². The van der Waals surface area contributed by atoms with Crippen molar-refractivity contribution in [2.24, 2.45) is 0 Å². The highest BCUT2D eigenvalue weighted by molar-refractivity contribution is 6.05. The van der Waals surface area contributed by atoms with Crippen LogP contribution < -0.4 is 15.4 Å². The molecule has 7 nitrogen and oxygen atoms in total. The third-order valence-electron chi connectivity index (χ3n) is 4.14. The second-order valence-electron chi connectivity index (χ2n) is 6.70. The van der Waals surface area contributed by atoms with Crippen LogP contribution >= 0.6 is 0 Å². The van der Waals surface area contributed by atoms with E-state index in [2.05, 4.69) is 20.6 Å². The lowest BCUT2D eigenvalue weighted by Gasteiger charge is -2.13. The summed E-state index contributed by atoms with van der Waals surface area (Å²) in [5.74, 6) is -1.49. The summed E-state index contributed by atoms with van der Waals surface area (Å²) < 4.78 is 32.9. The number of fused-ring (bicyclic) bond motifs is 1. The lowest BCUT2D eigenvalue weighted by Crippen LogP contribution is -2.16. The molecule has 30 heavy (non-hydrogen) atoms. The van der Waals surface area contributed by atoms with E-state index in [1.54, 1.807) is 43.3 Å². The van der Waals surface area contributed by atoms with E-state index in [0.717, 1.165) is 0 Å². The van der Waals surface area contributed by atoms with E-state index in [9.17, 15) is 13.6 Å². The first-order chi connectivity index (χ1) is 14.4. The number of halogens is 2. The van der Waals surface area contributed by atoms with Crippen LogP contribution in [0.2, 0.25) is 0 Å². The average Bonchev–Trinajstić information content (AvgIpc) is 2.72. The number of methoxy groups -OCH3 is 1. The Bertz CT molecular complexity index is 1100. The number of hydrogen-bond donors (Lipinski definition) is 2. The van der Waals surface area contributed by atoms with Crippen LogP contribution in [0, 0.1) is 5.82 Å². The Hall–Kier alpha value is -3.59. The second-order valence-corrected chi connectivity index (χ2v) is 6.70. The van der Waals surface area contributed by atoms with Crippen LogP contribution in [0.4, 0.5) is 26.0 Å². The number of hydrogen-bond acceptors (Lipinski definition) is 6. The molecular weight excluding hydrogens is 392 g/mol. The molecule has 156 valence electrons. The molecule has 3 aromatic rings. The first-order valence-electron chi connectivity index (χ1n) is 9.04. The summed E-state index contributed by atoms with van der Waals surface area (Å²) in [6.45, 7) is 0.281. The zero-order valence-electron chi connectivity index (χ0n) is 16.7. The van der Waals surface area contributed by atoms with Gasteiger partial charge >= 0.3 is 0 Å². The summed E-state index contributed by atoms with van der Waals surface area (Å²) in [5.41, 5.74) is 1.27. The summed E-state index contributed by atoms with van der Waals surface area (Å²) in [5, 5.41) is 6.07. The molecule has 0 spiro atoms. The zero-order chi connectivity index (χ0) is 21.7. The van der Waals surface area contributed by atoms with Crippen LogP contribution in [-0.4, -0.2) is 48.5 Å². The maximum absolute atomic E-state index is 14.1. The van der Waals surface area contributed by atoms with Crippen molar-refractivity contribution in [1.82, 2.24) is 14.9 Å². The van der Waals surface area contributed by atoms with E-state index in [4.69, 9.17) is 4.74 Å². The Morgan fingerprint density at radius 2 is 2.03 bits per heavy atom. The van der Waals surface area contributed by atoms with Crippen LogP contribution in [0.15, 0.2) is 54.6 Å². The van der Waals surface area contributed by atoms with E-state index in [1.165, 1.54) is 31.6 Å². The molecule has 0 radical (unpaired) electrons. The van der Waals surface area contributed by atoms with Gasteiger partial charge in [-0.25, -0.2) is 18.7 Å². The van der Waals surface area contributed by atoms with Crippen LogP contribution in [0.1, 0.15) is 0 Å². The van der Waals surface area contributed by atoms with Crippen LogP contribution in [0.3, 0.4) is 0 Å². The van der Waals surface area contributed by atoms with Crippen LogP contribution in [0.25, 0.3) is 10.9 Å². The topological polar surface area (TPSA) is 79.4 Å². The minimum Gasteiger partial charge on any atom is -0.494 e. The summed E-state index contributed by atoms with van der Waals surface area (Å²) in [4.78, 5) is 22.4. The van der Waals surface area contributed by atoms with Crippen molar-refractivity contribution in [2.45, 2.75) is 0 Å². The van der Waals surface area contributed by atoms with Crippen molar-refractivity contribution in [2.75, 3.05) is 38.4 Å². The van der Waals surface area contributed by atoms with Gasteiger partial charge in [0.1, 0.15) is 23.7 Å². The van der Waals surface area contributed by atoms with Gasteiger partial charge in [0, 0.05) is 23.7 Å². The number of ether oxygens (including phenoxy) is 1. The Kier molecular flexibility index (Phi) is 6.53. The van der Waals surface area contributed by atoms with E-state index < -0.39 is 17.6 Å². The van der Waals surface area contributed by atoms with Gasteiger partial charge in [-0.05, 0) is 44.4 Å². The van der Waals surface area contributed by atoms with E-state index in [1.807, 2.05) is 0 Å². The molecule has 0 aliphatic rings. The highest BCUT2D eigenvalue weighted by atomic mass is 19.1. The maximum Gasteiger partial charge on any atom is 0.284 e. The molecule has 0 saturated heterocycles. The number of anilines is 3. The number of aromatic nitrogens is 2. The highest BCUT2D eigenvalue weighted by Gasteiger charge is 2.15. The van der Waals surface area contributed by atoms with Gasteiger partial charge in [0.05, 0.1) is 18.3 Å². The van der Waals surface area contributed by atoms with E-state index in [-0.39, 0.29) is 12.2 Å². The molecule has 1 heterocycles. The predicted octanol–water partition coefficient (Wildman–Crippen LogP) is 3.87. The molecule has 0 aliphatic carbocycles. The smallest absolute Gasteiger partial charge is 0.284 e. The molecule has 1 amide bonds. The number of nitrogens with one attached hydrogen (secondary N) is 2. The molecule has 0 aliphatic heterocycles. The van der Waals surface area contributed by atoms with Gasteiger partial charge in [0.15, 0.2) is 5.83 Å². The Labute approximate surface area is 172 Å². The minimum atomic E-state index is -0.909. The second kappa shape index (κ2) is 9.27. The Balaban J connectivity index is 1.96. The van der Waals surface area contributed by atoms with Crippen molar-refractivity contribution >= 4 is 34.0 Å².